The lowest BCUT2D eigenvalue weighted by Gasteiger charge is -2.09. The Morgan fingerprint density at radius 3 is 0.500 bits per heavy atom. The Bertz CT molecular complexity index is 3840. The summed E-state index contributed by atoms with van der Waals surface area (Å²) in [7, 11) is 0. The van der Waals surface area contributed by atoms with Crippen LogP contribution in [-0.4, -0.2) is 69.7 Å². The molecule has 0 unspecified atom stereocenters. The zero-order valence-electron chi connectivity index (χ0n) is 77.8. The minimum atomic E-state index is -0.0851. The summed E-state index contributed by atoms with van der Waals surface area (Å²) in [4.78, 5) is 74.8. The molecule has 4 amide bonds. The fraction of sp³-hybridized carbons (Fsp3) is 0.571. The topological polar surface area (TPSA) is 174 Å². The van der Waals surface area contributed by atoms with E-state index in [2.05, 4.69) is 107 Å². The van der Waals surface area contributed by atoms with Crippen molar-refractivity contribution in [3.05, 3.63) is 166 Å². The molecule has 7 aromatic rings. The highest BCUT2D eigenvalue weighted by Gasteiger charge is 2.22. The Balaban J connectivity index is 0.984. The summed E-state index contributed by atoms with van der Waals surface area (Å²) in [5.74, 6) is -0.340. The van der Waals surface area contributed by atoms with Crippen LogP contribution in [0.15, 0.2) is 121 Å². The van der Waals surface area contributed by atoms with E-state index in [-0.39, 0.29) is 23.6 Å². The molecule has 0 aliphatic carbocycles. The van der Waals surface area contributed by atoms with Gasteiger partial charge in [-0.2, -0.15) is 0 Å². The second kappa shape index (κ2) is 60.9. The number of hydrogen-bond donors (Lipinski definition) is 6. The highest BCUT2D eigenvalue weighted by atomic mass is 16.2. The van der Waals surface area contributed by atoms with Crippen molar-refractivity contribution in [1.29, 1.82) is 0 Å². The van der Waals surface area contributed by atoms with Crippen molar-refractivity contribution in [3.63, 3.8) is 0 Å². The normalized spacial score (nSPS) is 11.8. The van der Waals surface area contributed by atoms with Crippen LogP contribution < -0.4 is 21.3 Å². The molecule has 0 saturated carbocycles. The van der Waals surface area contributed by atoms with Gasteiger partial charge in [0.1, 0.15) is 0 Å². The van der Waals surface area contributed by atoms with E-state index < -0.39 is 0 Å². The van der Waals surface area contributed by atoms with Crippen LogP contribution in [0, 0.1) is 0 Å². The van der Waals surface area contributed by atoms with E-state index in [0.717, 1.165) is 141 Å². The van der Waals surface area contributed by atoms with Crippen LogP contribution in [0.4, 0.5) is 0 Å². The summed E-state index contributed by atoms with van der Waals surface area (Å²) >= 11 is 0. The van der Waals surface area contributed by atoms with Gasteiger partial charge in [0.25, 0.3) is 23.6 Å². The number of benzene rings is 4. The quantitative estimate of drug-likeness (QED) is 0.0207. The Labute approximate surface area is 750 Å². The van der Waals surface area contributed by atoms with Crippen LogP contribution in [0.25, 0.3) is 90.9 Å². The minimum absolute atomic E-state index is 0.0851. The van der Waals surface area contributed by atoms with E-state index in [1.165, 1.54) is 308 Å². The second-order valence-corrected chi connectivity index (χ2v) is 36.2. The largest absolute Gasteiger partial charge is 0.354 e. The summed E-state index contributed by atoms with van der Waals surface area (Å²) in [5, 5.41) is 12.9. The molecule has 0 atom stereocenters. The molecular weight excluding hydrogens is 1520 g/mol. The lowest BCUT2D eigenvalue weighted by atomic mass is 10.0. The molecule has 5 heterocycles. The van der Waals surface area contributed by atoms with E-state index >= 15 is 0 Å². The van der Waals surface area contributed by atoms with Gasteiger partial charge < -0.3 is 31.2 Å². The standard InChI is InChI=1S/C112H162N8O4/c1-5-9-13-17-21-25-29-33-37-41-45-49-53-57-85-113-109(121)93-69-61-89(62-70-93)105-97-77-79-99(117-97)106(90-63-71-94(72-64-90)110(122)114-86-58-54-50-46-42-38-34-30-26-22-18-14-10-6-2)101-81-83-103(119-101)108(92-67-75-96(76-68-92)112(124)116-88-60-56-52-48-44-40-36-32-28-24-20-16-12-8-4)104-84-82-102(120-104)107(100-80-78-98(105)118-100)91-65-73-95(74-66-91)111(123)115-87-59-55-51-47-43-39-35-31-27-23-19-15-11-7-3/h61-84,117,120H,5-60,85-88H2,1-4H3,(H,113,121)(H,114,122)(H,115,123)(H,116,124). The average molecular weight is 1680 g/mol. The molecule has 674 valence electrons. The molecule has 4 aromatic carbocycles. The van der Waals surface area contributed by atoms with Gasteiger partial charge in [0.15, 0.2) is 0 Å². The van der Waals surface area contributed by atoms with Crippen molar-refractivity contribution in [2.75, 3.05) is 26.2 Å². The molecule has 12 heteroatoms. The van der Waals surface area contributed by atoms with Crippen molar-refractivity contribution in [2.45, 2.75) is 387 Å². The van der Waals surface area contributed by atoms with E-state index in [4.69, 9.17) is 9.97 Å². The Morgan fingerprint density at radius 2 is 0.347 bits per heavy atom. The third-order valence-electron chi connectivity index (χ3n) is 25.8. The Hall–Kier alpha value is -8.64. The van der Waals surface area contributed by atoms with Crippen LogP contribution in [-0.2, 0) is 0 Å². The smallest absolute Gasteiger partial charge is 0.251 e. The Morgan fingerprint density at radius 1 is 0.202 bits per heavy atom. The van der Waals surface area contributed by atoms with Gasteiger partial charge in [-0.3, -0.25) is 19.2 Å². The van der Waals surface area contributed by atoms with Gasteiger partial charge in [0, 0.05) is 92.8 Å². The summed E-state index contributed by atoms with van der Waals surface area (Å²) in [6.07, 6.45) is 80.4. The van der Waals surface area contributed by atoms with Crippen molar-refractivity contribution >= 4 is 70.0 Å². The van der Waals surface area contributed by atoms with Crippen LogP contribution in [0.2, 0.25) is 0 Å². The summed E-state index contributed by atoms with van der Waals surface area (Å²) in [5.41, 5.74) is 15.5. The molecule has 0 radical (unpaired) electrons. The maximum absolute atomic E-state index is 13.9. The molecule has 3 aromatic heterocycles. The highest BCUT2D eigenvalue weighted by molar-refractivity contribution is 6.03. The van der Waals surface area contributed by atoms with Gasteiger partial charge >= 0.3 is 0 Å². The van der Waals surface area contributed by atoms with Crippen molar-refractivity contribution in [1.82, 2.24) is 41.2 Å². The molecule has 6 N–H and O–H groups in total. The molecule has 9 rings (SSSR count). The van der Waals surface area contributed by atoms with Crippen LogP contribution >= 0.6 is 0 Å². The van der Waals surface area contributed by atoms with Gasteiger partial charge in [0.05, 0.1) is 22.8 Å². The lowest BCUT2D eigenvalue weighted by molar-refractivity contribution is 0.0944. The maximum atomic E-state index is 13.9. The first-order valence-corrected chi connectivity index (χ1v) is 50.9. The van der Waals surface area contributed by atoms with E-state index in [9.17, 15) is 19.2 Å². The first kappa shape index (κ1) is 99.1. The fourth-order valence-electron chi connectivity index (χ4n) is 18.1. The zero-order chi connectivity index (χ0) is 86.9. The molecular formula is C112H162N8O4. The molecule has 2 aliphatic heterocycles. The highest BCUT2D eigenvalue weighted by Crippen LogP contribution is 2.40. The third-order valence-corrected chi connectivity index (χ3v) is 25.8. The molecule has 124 heavy (non-hydrogen) atoms. The number of H-pyrrole nitrogens is 2. The first-order chi connectivity index (χ1) is 61.2. The zero-order valence-corrected chi connectivity index (χ0v) is 77.8. The number of fused-ring (bicyclic) bond motifs is 8. The second-order valence-electron chi connectivity index (χ2n) is 36.2. The molecule has 2 aliphatic rings. The minimum Gasteiger partial charge on any atom is -0.354 e. The first-order valence-electron chi connectivity index (χ1n) is 50.9. The van der Waals surface area contributed by atoms with E-state index in [1.807, 2.05) is 97.1 Å². The number of aromatic amines is 2. The van der Waals surface area contributed by atoms with Crippen molar-refractivity contribution < 1.29 is 19.2 Å². The number of unbranched alkanes of at least 4 members (excludes halogenated alkanes) is 52. The molecule has 12 nitrogen and oxygen atoms in total. The van der Waals surface area contributed by atoms with Crippen molar-refractivity contribution in [3.8, 4) is 44.5 Å². The van der Waals surface area contributed by atoms with Gasteiger partial charge in [-0.05, 0) is 145 Å². The van der Waals surface area contributed by atoms with Gasteiger partial charge in [0.2, 0.25) is 0 Å². The molecule has 0 fully saturated rings. The number of amides is 4. The number of carbonyl (C=O) groups is 4. The van der Waals surface area contributed by atoms with E-state index in [1.54, 1.807) is 0 Å². The summed E-state index contributed by atoms with van der Waals surface area (Å²) < 4.78 is 0. The third kappa shape index (κ3) is 36.0. The van der Waals surface area contributed by atoms with Crippen molar-refractivity contribution in [2.24, 2.45) is 0 Å². The predicted octanol–water partition coefficient (Wildman–Crippen LogP) is 32.2. The maximum Gasteiger partial charge on any atom is 0.251 e. The monoisotopic (exact) mass is 1680 g/mol. The van der Waals surface area contributed by atoms with Crippen LogP contribution in [0.3, 0.4) is 0 Å². The van der Waals surface area contributed by atoms with Gasteiger partial charge in [-0.25, -0.2) is 9.97 Å². The SMILES string of the molecule is CCCCCCCCCCCCCCCCNC(=O)c1ccc(-c2c3nc(c(-c4ccc(C(=O)NCCCCCCCCCCCCCCCC)cc4)c4ccc([nH]4)c(-c4ccc(C(=O)NCCCCCCCCCCCCCCCC)cc4)c4nc(c(-c5ccc(C(=O)NCCCCCCCCCCCCCCCC)cc5)c5ccc2[nH]5)C=C4)C=C3)cc1. The van der Waals surface area contributed by atoms with E-state index in [0.29, 0.717) is 48.4 Å². The van der Waals surface area contributed by atoms with Crippen LogP contribution in [0.1, 0.15) is 451 Å². The number of nitrogens with zero attached hydrogens (tertiary/aromatic N) is 2. The number of carbonyl (C=O) groups excluding carboxylic acids is 4. The molecule has 0 spiro atoms. The number of hydrogen-bond acceptors (Lipinski definition) is 6. The Kier molecular flexibility index (Phi) is 48.7. The number of aromatic nitrogens is 4. The molecule has 0 saturated heterocycles. The number of nitrogens with one attached hydrogen (secondary N) is 6. The van der Waals surface area contributed by atoms with Crippen LogP contribution in [0.5, 0.6) is 0 Å². The molecule has 8 bridgehead atoms. The lowest BCUT2D eigenvalue weighted by Crippen LogP contribution is -2.24. The van der Waals surface area contributed by atoms with Gasteiger partial charge in [-0.1, -0.05) is 410 Å². The fourth-order valence-corrected chi connectivity index (χ4v) is 18.1. The summed E-state index contributed by atoms with van der Waals surface area (Å²) in [6, 6.07) is 40.1. The van der Waals surface area contributed by atoms with Gasteiger partial charge in [-0.15, -0.1) is 0 Å². The predicted molar refractivity (Wildman–Crippen MR) is 531 cm³/mol. The summed E-state index contributed by atoms with van der Waals surface area (Å²) in [6.45, 7) is 11.7. The number of rotatable bonds is 68. The average Bonchev–Trinajstić information content (AvgIpc) is 1.61.